The molecule has 1 aliphatic rings. The van der Waals surface area contributed by atoms with E-state index in [1.807, 2.05) is 4.90 Å². The molecular formula is C13H21N5O2. The first-order valence-corrected chi connectivity index (χ1v) is 6.69. The van der Waals surface area contributed by atoms with Gasteiger partial charge in [0.2, 0.25) is 0 Å². The van der Waals surface area contributed by atoms with Gasteiger partial charge in [0.15, 0.2) is 0 Å². The maximum Gasteiger partial charge on any atom is 0.276 e. The second-order valence-electron chi connectivity index (χ2n) is 6.01. The van der Waals surface area contributed by atoms with Crippen molar-refractivity contribution in [2.75, 3.05) is 36.8 Å². The smallest absolute Gasteiger partial charge is 0.276 e. The van der Waals surface area contributed by atoms with Crippen LogP contribution in [0.4, 0.5) is 17.3 Å². The largest absolute Gasteiger partial charge is 0.383 e. The third-order valence-corrected chi connectivity index (χ3v) is 3.58. The van der Waals surface area contributed by atoms with Crippen molar-refractivity contribution in [3.63, 3.8) is 0 Å². The molecule has 1 fully saturated rings. The van der Waals surface area contributed by atoms with Crippen LogP contribution in [0.1, 0.15) is 20.8 Å². The number of nitrogens with two attached hydrogens (primary N) is 1. The molecule has 2 heterocycles. The van der Waals surface area contributed by atoms with Gasteiger partial charge < -0.3 is 10.6 Å². The Balaban J connectivity index is 2.13. The lowest BCUT2D eigenvalue weighted by Crippen LogP contribution is -2.53. The summed E-state index contributed by atoms with van der Waals surface area (Å²) in [5.74, 6) is 0.776. The minimum atomic E-state index is -0.438. The summed E-state index contributed by atoms with van der Waals surface area (Å²) in [4.78, 5) is 19.1. The number of aromatic nitrogens is 1. The minimum absolute atomic E-state index is 0.00856. The Hall–Kier alpha value is -1.89. The van der Waals surface area contributed by atoms with E-state index in [9.17, 15) is 10.1 Å². The monoisotopic (exact) mass is 279 g/mol. The van der Waals surface area contributed by atoms with Crippen LogP contribution in [0.15, 0.2) is 12.1 Å². The van der Waals surface area contributed by atoms with Crippen LogP contribution in [0.5, 0.6) is 0 Å². The summed E-state index contributed by atoms with van der Waals surface area (Å²) in [7, 11) is 0. The molecule has 0 amide bonds. The lowest BCUT2D eigenvalue weighted by Gasteiger charge is -2.42. The van der Waals surface area contributed by atoms with Crippen LogP contribution in [0.25, 0.3) is 0 Å². The number of hydrogen-bond acceptors (Lipinski definition) is 6. The molecule has 1 aromatic rings. The van der Waals surface area contributed by atoms with Gasteiger partial charge in [0.05, 0.1) is 17.1 Å². The predicted octanol–water partition coefficient (Wildman–Crippen LogP) is 1.49. The third-order valence-electron chi connectivity index (χ3n) is 3.58. The number of anilines is 2. The lowest BCUT2D eigenvalue weighted by molar-refractivity contribution is -0.384. The standard InChI is InChI=1S/C13H21N5O2/c1-13(2,3)17-6-4-16(5-7-17)12-9-10(18(19)20)8-11(14)15-12/h8-9H,4-7H2,1-3H3,(H2,14,15). The van der Waals surface area contributed by atoms with Crippen LogP contribution in [-0.2, 0) is 0 Å². The molecule has 0 radical (unpaired) electrons. The molecule has 0 unspecified atom stereocenters. The van der Waals surface area contributed by atoms with Crippen LogP contribution in [-0.4, -0.2) is 46.5 Å². The number of nitrogen functional groups attached to an aromatic ring is 1. The Morgan fingerprint density at radius 1 is 1.25 bits per heavy atom. The average molecular weight is 279 g/mol. The van der Waals surface area contributed by atoms with Crippen molar-refractivity contribution in [2.45, 2.75) is 26.3 Å². The first-order valence-electron chi connectivity index (χ1n) is 6.69. The van der Waals surface area contributed by atoms with Crippen molar-refractivity contribution in [3.8, 4) is 0 Å². The Morgan fingerprint density at radius 3 is 2.35 bits per heavy atom. The zero-order chi connectivity index (χ0) is 14.9. The normalized spacial score (nSPS) is 17.2. The van der Waals surface area contributed by atoms with Gasteiger partial charge in [-0.3, -0.25) is 15.0 Å². The number of nitro groups is 1. The number of hydrogen-bond donors (Lipinski definition) is 1. The number of piperazine rings is 1. The van der Waals surface area contributed by atoms with Gasteiger partial charge >= 0.3 is 0 Å². The Bertz CT molecular complexity index is 504. The molecule has 1 aliphatic heterocycles. The van der Waals surface area contributed by atoms with Crippen molar-refractivity contribution in [2.24, 2.45) is 0 Å². The summed E-state index contributed by atoms with van der Waals surface area (Å²) in [6, 6.07) is 2.78. The van der Waals surface area contributed by atoms with Gasteiger partial charge in [0.1, 0.15) is 11.6 Å². The summed E-state index contributed by atoms with van der Waals surface area (Å²) in [5.41, 5.74) is 5.78. The van der Waals surface area contributed by atoms with Gasteiger partial charge in [-0.25, -0.2) is 4.98 Å². The van der Waals surface area contributed by atoms with Gasteiger partial charge in [-0.05, 0) is 20.8 Å². The van der Waals surface area contributed by atoms with Crippen molar-refractivity contribution in [1.82, 2.24) is 9.88 Å². The molecule has 110 valence electrons. The molecule has 2 rings (SSSR count). The van der Waals surface area contributed by atoms with Crippen molar-refractivity contribution in [1.29, 1.82) is 0 Å². The SMILES string of the molecule is CC(C)(C)N1CCN(c2cc([N+](=O)[O-])cc(N)n2)CC1. The van der Waals surface area contributed by atoms with E-state index in [-0.39, 0.29) is 17.0 Å². The van der Waals surface area contributed by atoms with Crippen LogP contribution < -0.4 is 10.6 Å². The number of nitrogens with zero attached hydrogens (tertiary/aromatic N) is 4. The quantitative estimate of drug-likeness (QED) is 0.652. The van der Waals surface area contributed by atoms with E-state index < -0.39 is 4.92 Å². The molecule has 0 spiro atoms. The first-order chi connectivity index (χ1) is 9.27. The van der Waals surface area contributed by atoms with E-state index in [4.69, 9.17) is 5.73 Å². The van der Waals surface area contributed by atoms with Gasteiger partial charge in [-0.1, -0.05) is 0 Å². The Kier molecular flexibility index (Phi) is 3.80. The summed E-state index contributed by atoms with van der Waals surface area (Å²) < 4.78 is 0. The molecule has 2 N–H and O–H groups in total. The third kappa shape index (κ3) is 3.16. The topological polar surface area (TPSA) is 88.5 Å². The van der Waals surface area contributed by atoms with E-state index in [2.05, 4.69) is 30.7 Å². The fraction of sp³-hybridized carbons (Fsp3) is 0.615. The van der Waals surface area contributed by atoms with Crippen molar-refractivity contribution >= 4 is 17.3 Å². The highest BCUT2D eigenvalue weighted by atomic mass is 16.6. The highest BCUT2D eigenvalue weighted by Crippen LogP contribution is 2.24. The van der Waals surface area contributed by atoms with E-state index in [0.717, 1.165) is 26.2 Å². The maximum absolute atomic E-state index is 10.9. The van der Waals surface area contributed by atoms with E-state index in [1.54, 1.807) is 0 Å². The van der Waals surface area contributed by atoms with Crippen LogP contribution in [0.2, 0.25) is 0 Å². The molecular weight excluding hydrogens is 258 g/mol. The van der Waals surface area contributed by atoms with Gasteiger partial charge in [0, 0.05) is 31.7 Å². The summed E-state index contributed by atoms with van der Waals surface area (Å²) in [5, 5.41) is 10.9. The molecule has 1 aromatic heterocycles. The molecule has 0 saturated carbocycles. The zero-order valence-electron chi connectivity index (χ0n) is 12.2. The van der Waals surface area contributed by atoms with Gasteiger partial charge in [-0.15, -0.1) is 0 Å². The van der Waals surface area contributed by atoms with E-state index in [1.165, 1.54) is 12.1 Å². The summed E-state index contributed by atoms with van der Waals surface area (Å²) in [6.45, 7) is 9.97. The van der Waals surface area contributed by atoms with Gasteiger partial charge in [-0.2, -0.15) is 0 Å². The second kappa shape index (κ2) is 5.24. The molecule has 1 saturated heterocycles. The van der Waals surface area contributed by atoms with E-state index in [0.29, 0.717) is 5.82 Å². The number of pyridine rings is 1. The lowest BCUT2D eigenvalue weighted by atomic mass is 10.1. The fourth-order valence-corrected chi connectivity index (χ4v) is 2.40. The average Bonchev–Trinajstić information content (AvgIpc) is 2.37. The highest BCUT2D eigenvalue weighted by Gasteiger charge is 2.27. The molecule has 7 heteroatoms. The molecule has 0 aliphatic carbocycles. The Labute approximate surface area is 118 Å². The van der Waals surface area contributed by atoms with E-state index >= 15 is 0 Å². The van der Waals surface area contributed by atoms with Crippen LogP contribution in [0.3, 0.4) is 0 Å². The highest BCUT2D eigenvalue weighted by molar-refractivity contribution is 5.54. The zero-order valence-corrected chi connectivity index (χ0v) is 12.2. The molecule has 0 bridgehead atoms. The summed E-state index contributed by atoms with van der Waals surface area (Å²) >= 11 is 0. The first kappa shape index (κ1) is 14.5. The Morgan fingerprint density at radius 2 is 1.85 bits per heavy atom. The number of rotatable bonds is 2. The molecule has 7 nitrogen and oxygen atoms in total. The van der Waals surface area contributed by atoms with Crippen molar-refractivity contribution < 1.29 is 4.92 Å². The predicted molar refractivity (Wildman–Crippen MR) is 78.8 cm³/mol. The molecule has 0 aromatic carbocycles. The van der Waals surface area contributed by atoms with Crippen molar-refractivity contribution in [3.05, 3.63) is 22.2 Å². The maximum atomic E-state index is 10.9. The van der Waals surface area contributed by atoms with Crippen LogP contribution >= 0.6 is 0 Å². The molecule has 0 atom stereocenters. The fourth-order valence-electron chi connectivity index (χ4n) is 2.40. The van der Waals surface area contributed by atoms with Crippen LogP contribution in [0, 0.1) is 10.1 Å². The second-order valence-corrected chi connectivity index (χ2v) is 6.01. The molecule has 20 heavy (non-hydrogen) atoms. The minimum Gasteiger partial charge on any atom is -0.383 e. The van der Waals surface area contributed by atoms with Gasteiger partial charge in [0.25, 0.3) is 5.69 Å². The summed E-state index contributed by atoms with van der Waals surface area (Å²) in [6.07, 6.45) is 0.